The molecule has 1 heterocycles. The predicted octanol–water partition coefficient (Wildman–Crippen LogP) is 3.11. The van der Waals surface area contributed by atoms with E-state index in [9.17, 15) is 4.79 Å². The number of benzene rings is 1. The fourth-order valence-electron chi connectivity index (χ4n) is 1.53. The van der Waals surface area contributed by atoms with E-state index < -0.39 is 0 Å². The summed E-state index contributed by atoms with van der Waals surface area (Å²) in [5.41, 5.74) is 0.576. The van der Waals surface area contributed by atoms with Gasteiger partial charge in [0.05, 0.1) is 11.6 Å². The van der Waals surface area contributed by atoms with Crippen LogP contribution in [0.2, 0.25) is 5.02 Å². The van der Waals surface area contributed by atoms with Crippen molar-refractivity contribution in [3.05, 3.63) is 32.4 Å². The molecular weight excluding hydrogens is 340 g/mol. The summed E-state index contributed by atoms with van der Waals surface area (Å²) in [4.78, 5) is 17.3. The maximum atomic E-state index is 12.0. The van der Waals surface area contributed by atoms with Gasteiger partial charge in [-0.1, -0.05) is 11.6 Å². The van der Waals surface area contributed by atoms with E-state index in [1.54, 1.807) is 12.1 Å². The Hall–Kier alpha value is -0.330. The molecule has 1 aliphatic rings. The molecule has 0 aromatic heterocycles. The molecule has 0 atom stereocenters. The molecule has 0 saturated carbocycles. The summed E-state index contributed by atoms with van der Waals surface area (Å²) >= 11 is 8.11. The Morgan fingerprint density at radius 3 is 2.88 bits per heavy atom. The fraction of sp³-hybridized carbons (Fsp3) is 0.364. The summed E-state index contributed by atoms with van der Waals surface area (Å²) in [7, 11) is 0. The van der Waals surface area contributed by atoms with E-state index in [0.29, 0.717) is 23.7 Å². The average Bonchev–Trinajstić information content (AvgIpc) is 2.33. The Balaban J connectivity index is 2.16. The van der Waals surface area contributed by atoms with E-state index in [1.165, 1.54) is 5.06 Å². The van der Waals surface area contributed by atoms with E-state index in [4.69, 9.17) is 16.4 Å². The van der Waals surface area contributed by atoms with Crippen LogP contribution in [0.5, 0.6) is 0 Å². The Bertz CT molecular complexity index is 405. The SMILES string of the molecule is O=C(c1ccc(I)c(Cl)c1)N1CCCCO1. The third-order valence-corrected chi connectivity index (χ3v) is 3.97. The Kier molecular flexibility index (Phi) is 4.05. The van der Waals surface area contributed by atoms with Gasteiger partial charge in [-0.05, 0) is 53.6 Å². The molecule has 1 aromatic rings. The predicted molar refractivity (Wildman–Crippen MR) is 70.4 cm³/mol. The highest BCUT2D eigenvalue weighted by Crippen LogP contribution is 2.21. The van der Waals surface area contributed by atoms with Crippen molar-refractivity contribution >= 4 is 40.1 Å². The molecule has 0 radical (unpaired) electrons. The van der Waals surface area contributed by atoms with Crippen LogP contribution < -0.4 is 0 Å². The highest BCUT2D eigenvalue weighted by atomic mass is 127. The number of carbonyl (C=O) groups is 1. The van der Waals surface area contributed by atoms with Crippen molar-refractivity contribution < 1.29 is 9.63 Å². The molecule has 0 spiro atoms. The Morgan fingerprint density at radius 1 is 1.44 bits per heavy atom. The van der Waals surface area contributed by atoms with Crippen LogP contribution in [0.4, 0.5) is 0 Å². The number of hydrogen-bond acceptors (Lipinski definition) is 2. The van der Waals surface area contributed by atoms with Gasteiger partial charge in [-0.15, -0.1) is 0 Å². The first kappa shape index (κ1) is 12.1. The van der Waals surface area contributed by atoms with Gasteiger partial charge in [0, 0.05) is 15.7 Å². The van der Waals surface area contributed by atoms with Gasteiger partial charge in [0.2, 0.25) is 0 Å². The summed E-state index contributed by atoms with van der Waals surface area (Å²) in [5.74, 6) is -0.113. The molecule has 0 bridgehead atoms. The van der Waals surface area contributed by atoms with Crippen LogP contribution in [0.3, 0.4) is 0 Å². The molecule has 3 nitrogen and oxygen atoms in total. The minimum Gasteiger partial charge on any atom is -0.271 e. The van der Waals surface area contributed by atoms with Crippen molar-refractivity contribution in [1.82, 2.24) is 5.06 Å². The van der Waals surface area contributed by atoms with E-state index in [1.807, 2.05) is 6.07 Å². The third-order valence-electron chi connectivity index (χ3n) is 2.40. The molecule has 1 fully saturated rings. The van der Waals surface area contributed by atoms with Crippen molar-refractivity contribution in [2.45, 2.75) is 12.8 Å². The zero-order valence-electron chi connectivity index (χ0n) is 8.58. The zero-order chi connectivity index (χ0) is 11.5. The van der Waals surface area contributed by atoms with Crippen molar-refractivity contribution in [2.75, 3.05) is 13.2 Å². The second kappa shape index (κ2) is 5.33. The molecule has 86 valence electrons. The van der Waals surface area contributed by atoms with Gasteiger partial charge in [0.1, 0.15) is 0 Å². The number of halogens is 2. The maximum absolute atomic E-state index is 12.0. The van der Waals surface area contributed by atoms with Crippen LogP contribution in [0.25, 0.3) is 0 Å². The summed E-state index contributed by atoms with van der Waals surface area (Å²) in [5, 5.41) is 2.02. The summed E-state index contributed by atoms with van der Waals surface area (Å²) in [6, 6.07) is 5.29. The molecule has 0 unspecified atom stereocenters. The first-order chi connectivity index (χ1) is 7.68. The van der Waals surface area contributed by atoms with E-state index in [-0.39, 0.29) is 5.91 Å². The second-order valence-corrected chi connectivity index (χ2v) is 5.15. The van der Waals surface area contributed by atoms with Crippen LogP contribution in [-0.2, 0) is 4.84 Å². The van der Waals surface area contributed by atoms with Gasteiger partial charge in [-0.3, -0.25) is 9.63 Å². The average molecular weight is 352 g/mol. The monoisotopic (exact) mass is 351 g/mol. The number of nitrogens with zero attached hydrogens (tertiary/aromatic N) is 1. The van der Waals surface area contributed by atoms with Crippen LogP contribution in [0.15, 0.2) is 18.2 Å². The first-order valence-corrected chi connectivity index (χ1v) is 6.54. The summed E-state index contributed by atoms with van der Waals surface area (Å²) in [6.45, 7) is 1.27. The van der Waals surface area contributed by atoms with Crippen molar-refractivity contribution in [2.24, 2.45) is 0 Å². The number of rotatable bonds is 1. The third kappa shape index (κ3) is 2.67. The van der Waals surface area contributed by atoms with Crippen LogP contribution >= 0.6 is 34.2 Å². The Labute approximate surface area is 113 Å². The number of amides is 1. The molecular formula is C11H11ClINO2. The quantitative estimate of drug-likeness (QED) is 0.728. The minimum atomic E-state index is -0.113. The lowest BCUT2D eigenvalue weighted by Crippen LogP contribution is -2.35. The van der Waals surface area contributed by atoms with Crippen LogP contribution in [-0.4, -0.2) is 24.1 Å². The van der Waals surface area contributed by atoms with E-state index >= 15 is 0 Å². The van der Waals surface area contributed by atoms with Gasteiger partial charge >= 0.3 is 0 Å². The van der Waals surface area contributed by atoms with E-state index in [0.717, 1.165) is 16.4 Å². The van der Waals surface area contributed by atoms with Crippen LogP contribution in [0, 0.1) is 3.57 Å². The number of carbonyl (C=O) groups excluding carboxylic acids is 1. The molecule has 1 aromatic carbocycles. The van der Waals surface area contributed by atoms with Crippen molar-refractivity contribution in [1.29, 1.82) is 0 Å². The number of hydrogen-bond donors (Lipinski definition) is 0. The largest absolute Gasteiger partial charge is 0.277 e. The standard InChI is InChI=1S/C11H11ClINO2/c12-9-7-8(3-4-10(9)13)11(15)14-5-1-2-6-16-14/h3-4,7H,1-2,5-6H2. The molecule has 1 aliphatic heterocycles. The summed E-state index contributed by atoms with van der Waals surface area (Å²) < 4.78 is 0.940. The lowest BCUT2D eigenvalue weighted by molar-refractivity contribution is -0.144. The van der Waals surface area contributed by atoms with E-state index in [2.05, 4.69) is 22.6 Å². The molecule has 2 rings (SSSR count). The molecule has 16 heavy (non-hydrogen) atoms. The minimum absolute atomic E-state index is 0.113. The maximum Gasteiger partial charge on any atom is 0.277 e. The summed E-state index contributed by atoms with van der Waals surface area (Å²) in [6.07, 6.45) is 2.00. The molecule has 0 N–H and O–H groups in total. The highest BCUT2D eigenvalue weighted by Gasteiger charge is 2.19. The van der Waals surface area contributed by atoms with Gasteiger partial charge in [-0.25, -0.2) is 5.06 Å². The van der Waals surface area contributed by atoms with Gasteiger partial charge in [0.25, 0.3) is 5.91 Å². The molecule has 5 heteroatoms. The fourth-order valence-corrected chi connectivity index (χ4v) is 2.05. The lowest BCUT2D eigenvalue weighted by atomic mass is 10.2. The normalized spacial score (nSPS) is 16.2. The smallest absolute Gasteiger partial charge is 0.271 e. The molecule has 1 saturated heterocycles. The zero-order valence-corrected chi connectivity index (χ0v) is 11.5. The van der Waals surface area contributed by atoms with Gasteiger partial charge in [-0.2, -0.15) is 0 Å². The van der Waals surface area contributed by atoms with Crippen molar-refractivity contribution in [3.63, 3.8) is 0 Å². The van der Waals surface area contributed by atoms with Gasteiger partial charge in [0.15, 0.2) is 0 Å². The molecule has 1 amide bonds. The van der Waals surface area contributed by atoms with Gasteiger partial charge < -0.3 is 0 Å². The Morgan fingerprint density at radius 2 is 2.25 bits per heavy atom. The lowest BCUT2D eigenvalue weighted by Gasteiger charge is -2.25. The topological polar surface area (TPSA) is 29.5 Å². The second-order valence-electron chi connectivity index (χ2n) is 3.58. The highest BCUT2D eigenvalue weighted by molar-refractivity contribution is 14.1. The van der Waals surface area contributed by atoms with Crippen LogP contribution in [0.1, 0.15) is 23.2 Å². The molecule has 0 aliphatic carbocycles. The van der Waals surface area contributed by atoms with Crippen molar-refractivity contribution in [3.8, 4) is 0 Å². The number of hydroxylamine groups is 2. The first-order valence-electron chi connectivity index (χ1n) is 5.08.